The van der Waals surface area contributed by atoms with Crippen LogP contribution in [-0.2, 0) is 9.53 Å². The number of rotatable bonds is 9. The standard InChI is InChI=1S/C23H26N2O5S/c1-3-28-19-10-5-11-20-22(19)24-23(31-20)25(14-18-9-6-12-29-18)21(26)15-30-17-8-4-7-16(13-17)27-2/h4-5,7-8,10-11,13,18H,3,6,9,12,14-15H2,1-2H3. The van der Waals surface area contributed by atoms with Crippen LogP contribution in [0.15, 0.2) is 42.5 Å². The van der Waals surface area contributed by atoms with Crippen LogP contribution < -0.4 is 19.1 Å². The molecule has 4 rings (SSSR count). The summed E-state index contributed by atoms with van der Waals surface area (Å²) in [6.07, 6.45) is 1.93. The first kappa shape index (κ1) is 21.4. The molecule has 2 heterocycles. The number of para-hydroxylation sites is 1. The fraction of sp³-hybridized carbons (Fsp3) is 0.391. The number of aromatic nitrogens is 1. The Morgan fingerprint density at radius 2 is 2.06 bits per heavy atom. The van der Waals surface area contributed by atoms with E-state index in [1.54, 1.807) is 24.1 Å². The first-order chi connectivity index (χ1) is 15.2. The lowest BCUT2D eigenvalue weighted by molar-refractivity contribution is -0.120. The molecule has 0 aliphatic carbocycles. The van der Waals surface area contributed by atoms with Crippen molar-refractivity contribution >= 4 is 32.6 Å². The molecule has 1 aromatic heterocycles. The van der Waals surface area contributed by atoms with E-state index in [9.17, 15) is 4.79 Å². The van der Waals surface area contributed by atoms with Gasteiger partial charge in [-0.1, -0.05) is 23.5 Å². The van der Waals surface area contributed by atoms with Crippen LogP contribution in [0, 0.1) is 0 Å². The van der Waals surface area contributed by atoms with Crippen molar-refractivity contribution in [3.8, 4) is 17.2 Å². The summed E-state index contributed by atoms with van der Waals surface area (Å²) in [7, 11) is 1.59. The molecule has 0 radical (unpaired) electrons. The van der Waals surface area contributed by atoms with Gasteiger partial charge in [0.25, 0.3) is 5.91 Å². The van der Waals surface area contributed by atoms with E-state index in [1.165, 1.54) is 11.3 Å². The largest absolute Gasteiger partial charge is 0.497 e. The average Bonchev–Trinajstić information content (AvgIpc) is 3.46. The topological polar surface area (TPSA) is 70.1 Å². The minimum Gasteiger partial charge on any atom is -0.497 e. The van der Waals surface area contributed by atoms with Crippen molar-refractivity contribution in [2.75, 3.05) is 38.4 Å². The molecule has 0 spiro atoms. The second-order valence-electron chi connectivity index (χ2n) is 7.14. The van der Waals surface area contributed by atoms with E-state index < -0.39 is 0 Å². The Balaban J connectivity index is 1.56. The van der Waals surface area contributed by atoms with Gasteiger partial charge in [-0.2, -0.15) is 0 Å². The smallest absolute Gasteiger partial charge is 0.266 e. The molecule has 1 atom stereocenters. The fourth-order valence-corrected chi connectivity index (χ4v) is 4.50. The van der Waals surface area contributed by atoms with E-state index in [0.717, 1.165) is 35.4 Å². The molecular weight excluding hydrogens is 416 g/mol. The lowest BCUT2D eigenvalue weighted by atomic mass is 10.2. The zero-order valence-electron chi connectivity index (χ0n) is 17.7. The maximum Gasteiger partial charge on any atom is 0.266 e. The van der Waals surface area contributed by atoms with Gasteiger partial charge in [0, 0.05) is 12.7 Å². The van der Waals surface area contributed by atoms with Gasteiger partial charge in [0.2, 0.25) is 0 Å². The van der Waals surface area contributed by atoms with E-state index >= 15 is 0 Å². The highest BCUT2D eigenvalue weighted by molar-refractivity contribution is 7.22. The summed E-state index contributed by atoms with van der Waals surface area (Å²) in [5.74, 6) is 1.80. The summed E-state index contributed by atoms with van der Waals surface area (Å²) < 4.78 is 23.4. The molecule has 1 amide bonds. The summed E-state index contributed by atoms with van der Waals surface area (Å²) in [5.41, 5.74) is 0.767. The van der Waals surface area contributed by atoms with Crippen LogP contribution in [0.4, 0.5) is 5.13 Å². The molecule has 1 saturated heterocycles. The number of thiazole rings is 1. The maximum atomic E-state index is 13.2. The molecule has 0 N–H and O–H groups in total. The lowest BCUT2D eigenvalue weighted by Gasteiger charge is -2.23. The van der Waals surface area contributed by atoms with E-state index in [1.807, 2.05) is 37.3 Å². The molecule has 1 unspecified atom stereocenters. The number of nitrogens with zero attached hydrogens (tertiary/aromatic N) is 2. The number of amides is 1. The lowest BCUT2D eigenvalue weighted by Crippen LogP contribution is -2.40. The second-order valence-corrected chi connectivity index (χ2v) is 8.15. The fourth-order valence-electron chi connectivity index (χ4n) is 3.49. The van der Waals surface area contributed by atoms with Crippen molar-refractivity contribution in [1.29, 1.82) is 0 Å². The van der Waals surface area contributed by atoms with Crippen molar-refractivity contribution in [2.45, 2.75) is 25.9 Å². The number of ether oxygens (including phenoxy) is 4. The monoisotopic (exact) mass is 442 g/mol. The predicted molar refractivity (Wildman–Crippen MR) is 121 cm³/mol. The zero-order chi connectivity index (χ0) is 21.6. The van der Waals surface area contributed by atoms with Crippen molar-refractivity contribution in [3.63, 3.8) is 0 Å². The van der Waals surface area contributed by atoms with Gasteiger partial charge in [0.1, 0.15) is 22.8 Å². The third kappa shape index (κ3) is 5.08. The minimum atomic E-state index is -0.171. The van der Waals surface area contributed by atoms with Gasteiger partial charge in [-0.15, -0.1) is 0 Å². The summed E-state index contributed by atoms with van der Waals surface area (Å²) in [5, 5.41) is 0.622. The minimum absolute atomic E-state index is 0.000793. The second kappa shape index (κ2) is 9.98. The molecular formula is C23H26N2O5S. The van der Waals surface area contributed by atoms with Crippen LogP contribution in [0.3, 0.4) is 0 Å². The molecule has 164 valence electrons. The number of carbonyl (C=O) groups excluding carboxylic acids is 1. The molecule has 31 heavy (non-hydrogen) atoms. The van der Waals surface area contributed by atoms with Gasteiger partial charge >= 0.3 is 0 Å². The Kier molecular flexibility index (Phi) is 6.89. The number of hydrogen-bond acceptors (Lipinski definition) is 7. The molecule has 2 aromatic carbocycles. The van der Waals surface area contributed by atoms with Crippen LogP contribution >= 0.6 is 11.3 Å². The third-order valence-electron chi connectivity index (χ3n) is 5.02. The highest BCUT2D eigenvalue weighted by Gasteiger charge is 2.27. The van der Waals surface area contributed by atoms with Crippen LogP contribution in [0.2, 0.25) is 0 Å². The third-order valence-corrected chi connectivity index (χ3v) is 6.06. The van der Waals surface area contributed by atoms with Crippen LogP contribution in [0.1, 0.15) is 19.8 Å². The van der Waals surface area contributed by atoms with Gasteiger partial charge in [-0.05, 0) is 44.0 Å². The van der Waals surface area contributed by atoms with Crippen LogP contribution in [-0.4, -0.2) is 50.5 Å². The Hall–Kier alpha value is -2.84. The van der Waals surface area contributed by atoms with Gasteiger partial charge in [-0.3, -0.25) is 9.69 Å². The molecule has 7 nitrogen and oxygen atoms in total. The normalized spacial score (nSPS) is 15.7. The van der Waals surface area contributed by atoms with Gasteiger partial charge in [0.15, 0.2) is 11.7 Å². The van der Waals surface area contributed by atoms with E-state index in [2.05, 4.69) is 0 Å². The van der Waals surface area contributed by atoms with E-state index in [4.69, 9.17) is 23.9 Å². The Morgan fingerprint density at radius 3 is 2.84 bits per heavy atom. The van der Waals surface area contributed by atoms with Crippen molar-refractivity contribution in [3.05, 3.63) is 42.5 Å². The molecule has 3 aromatic rings. The summed E-state index contributed by atoms with van der Waals surface area (Å²) in [6, 6.07) is 13.0. The Bertz CT molecular complexity index is 1030. The number of fused-ring (bicyclic) bond motifs is 1. The van der Waals surface area contributed by atoms with Crippen molar-refractivity contribution in [2.24, 2.45) is 0 Å². The van der Waals surface area contributed by atoms with Crippen molar-refractivity contribution < 1.29 is 23.7 Å². The first-order valence-electron chi connectivity index (χ1n) is 10.4. The van der Waals surface area contributed by atoms with E-state index in [-0.39, 0.29) is 18.6 Å². The molecule has 1 aliphatic heterocycles. The van der Waals surface area contributed by atoms with Gasteiger partial charge in [0.05, 0.1) is 31.1 Å². The molecule has 1 fully saturated rings. The van der Waals surface area contributed by atoms with Crippen molar-refractivity contribution in [1.82, 2.24) is 4.98 Å². The zero-order valence-corrected chi connectivity index (χ0v) is 18.5. The van der Waals surface area contributed by atoms with Crippen LogP contribution in [0.25, 0.3) is 10.2 Å². The number of methoxy groups -OCH3 is 1. The van der Waals surface area contributed by atoms with Crippen LogP contribution in [0.5, 0.6) is 17.2 Å². The average molecular weight is 443 g/mol. The Morgan fingerprint density at radius 1 is 1.23 bits per heavy atom. The number of carbonyl (C=O) groups is 1. The summed E-state index contributed by atoms with van der Waals surface area (Å²) in [4.78, 5) is 19.6. The summed E-state index contributed by atoms with van der Waals surface area (Å²) in [6.45, 7) is 3.56. The molecule has 8 heteroatoms. The number of anilines is 1. The molecule has 1 aliphatic rings. The van der Waals surface area contributed by atoms with E-state index in [0.29, 0.717) is 29.8 Å². The summed E-state index contributed by atoms with van der Waals surface area (Å²) >= 11 is 1.47. The quantitative estimate of drug-likeness (QED) is 0.492. The first-order valence-corrected chi connectivity index (χ1v) is 11.2. The highest BCUT2D eigenvalue weighted by atomic mass is 32.1. The number of benzene rings is 2. The molecule has 0 bridgehead atoms. The highest BCUT2D eigenvalue weighted by Crippen LogP contribution is 2.35. The maximum absolute atomic E-state index is 13.2. The predicted octanol–water partition coefficient (Wildman–Crippen LogP) is 4.29. The molecule has 0 saturated carbocycles. The SMILES string of the molecule is CCOc1cccc2sc(N(CC3CCCO3)C(=O)COc3cccc(OC)c3)nc12. The van der Waals surface area contributed by atoms with Gasteiger partial charge in [-0.25, -0.2) is 4.98 Å². The van der Waals surface area contributed by atoms with Gasteiger partial charge < -0.3 is 18.9 Å². The Labute approximate surface area is 185 Å². The number of hydrogen-bond donors (Lipinski definition) is 0.